The maximum Gasteiger partial charge on any atom is 0.257 e. The summed E-state index contributed by atoms with van der Waals surface area (Å²) in [5.41, 5.74) is 3.21. The van der Waals surface area contributed by atoms with Crippen molar-refractivity contribution in [3.63, 3.8) is 0 Å². The molecule has 4 aromatic rings. The van der Waals surface area contributed by atoms with Gasteiger partial charge in [-0.1, -0.05) is 24.3 Å². The normalized spacial score (nSPS) is 10.7. The first-order valence-corrected chi connectivity index (χ1v) is 9.70. The second-order valence-electron chi connectivity index (χ2n) is 7.04. The van der Waals surface area contributed by atoms with Crippen LogP contribution in [0.3, 0.4) is 0 Å². The summed E-state index contributed by atoms with van der Waals surface area (Å²) in [6.45, 7) is 0.239. The molecule has 0 fully saturated rings. The van der Waals surface area contributed by atoms with Crippen LogP contribution in [0.1, 0.15) is 15.9 Å². The summed E-state index contributed by atoms with van der Waals surface area (Å²) in [4.78, 5) is 19.0. The lowest BCUT2D eigenvalue weighted by Crippen LogP contribution is -2.26. The van der Waals surface area contributed by atoms with Crippen LogP contribution in [0.2, 0.25) is 0 Å². The fourth-order valence-corrected chi connectivity index (χ4v) is 3.32. The zero-order valence-corrected chi connectivity index (χ0v) is 17.2. The van der Waals surface area contributed by atoms with Crippen molar-refractivity contribution in [2.24, 2.45) is 0 Å². The molecule has 4 rings (SSSR count). The molecule has 0 saturated carbocycles. The first-order chi connectivity index (χ1) is 15.1. The van der Waals surface area contributed by atoms with Gasteiger partial charge in [0.15, 0.2) is 11.6 Å². The molecule has 1 amide bonds. The Morgan fingerprint density at radius 1 is 1.13 bits per heavy atom. The van der Waals surface area contributed by atoms with Gasteiger partial charge in [-0.3, -0.25) is 9.78 Å². The van der Waals surface area contributed by atoms with Gasteiger partial charge >= 0.3 is 0 Å². The average molecular weight is 416 g/mol. The number of para-hydroxylation sites is 1. The molecule has 0 spiro atoms. The molecule has 0 unspecified atom stereocenters. The van der Waals surface area contributed by atoms with E-state index in [-0.39, 0.29) is 18.2 Å². The first kappa shape index (κ1) is 20.3. The largest absolute Gasteiger partial charge is 0.494 e. The zero-order chi connectivity index (χ0) is 21.8. The van der Waals surface area contributed by atoms with Crippen molar-refractivity contribution in [2.45, 2.75) is 6.54 Å². The highest BCUT2D eigenvalue weighted by molar-refractivity contribution is 5.99. The number of aromatic nitrogens is 3. The molecule has 156 valence electrons. The van der Waals surface area contributed by atoms with Gasteiger partial charge in [0.2, 0.25) is 0 Å². The van der Waals surface area contributed by atoms with Crippen LogP contribution >= 0.6 is 0 Å². The Morgan fingerprint density at radius 2 is 1.94 bits per heavy atom. The molecular weight excluding hydrogens is 395 g/mol. The first-order valence-electron chi connectivity index (χ1n) is 9.70. The SMILES string of the molecule is COc1ccc(CN(C)C(=O)c2cn(-c3ccccc3)nc2-c2cccnc2)cc1F. The fourth-order valence-electron chi connectivity index (χ4n) is 3.32. The summed E-state index contributed by atoms with van der Waals surface area (Å²) in [5.74, 6) is -0.521. The van der Waals surface area contributed by atoms with Crippen LogP contribution in [0.15, 0.2) is 79.3 Å². The molecule has 0 radical (unpaired) electrons. The highest BCUT2D eigenvalue weighted by atomic mass is 19.1. The minimum atomic E-state index is -0.464. The van der Waals surface area contributed by atoms with E-state index in [9.17, 15) is 9.18 Å². The minimum absolute atomic E-state index is 0.167. The lowest BCUT2D eigenvalue weighted by Gasteiger charge is -2.17. The molecule has 0 N–H and O–H groups in total. The number of carbonyl (C=O) groups is 1. The molecule has 31 heavy (non-hydrogen) atoms. The van der Waals surface area contributed by atoms with Crippen LogP contribution in [0, 0.1) is 5.82 Å². The third-order valence-electron chi connectivity index (χ3n) is 4.88. The maximum atomic E-state index is 14.1. The topological polar surface area (TPSA) is 60.2 Å². The summed E-state index contributed by atoms with van der Waals surface area (Å²) >= 11 is 0. The zero-order valence-electron chi connectivity index (χ0n) is 17.2. The number of amides is 1. The number of hydrogen-bond acceptors (Lipinski definition) is 4. The van der Waals surface area contributed by atoms with E-state index in [0.29, 0.717) is 16.8 Å². The molecule has 6 nitrogen and oxygen atoms in total. The van der Waals surface area contributed by atoms with E-state index >= 15 is 0 Å². The number of hydrogen-bond donors (Lipinski definition) is 0. The third-order valence-corrected chi connectivity index (χ3v) is 4.88. The molecule has 7 heteroatoms. The van der Waals surface area contributed by atoms with Crippen LogP contribution in [0.4, 0.5) is 4.39 Å². The molecular formula is C24H21FN4O2. The molecule has 0 aliphatic carbocycles. The summed E-state index contributed by atoms with van der Waals surface area (Å²) in [7, 11) is 3.09. The second-order valence-corrected chi connectivity index (χ2v) is 7.04. The minimum Gasteiger partial charge on any atom is -0.494 e. The van der Waals surface area contributed by atoms with Gasteiger partial charge in [0.05, 0.1) is 18.4 Å². The molecule has 0 saturated heterocycles. The summed E-state index contributed by atoms with van der Waals surface area (Å²) < 4.78 is 20.7. The second kappa shape index (κ2) is 8.79. The third kappa shape index (κ3) is 4.30. The Balaban J connectivity index is 1.67. The van der Waals surface area contributed by atoms with E-state index in [0.717, 1.165) is 11.3 Å². The number of nitrogens with zero attached hydrogens (tertiary/aromatic N) is 4. The van der Waals surface area contributed by atoms with Gasteiger partial charge in [-0.25, -0.2) is 9.07 Å². The molecule has 2 heterocycles. The predicted molar refractivity (Wildman–Crippen MR) is 116 cm³/mol. The van der Waals surface area contributed by atoms with Crippen molar-refractivity contribution in [1.29, 1.82) is 0 Å². The molecule has 2 aromatic heterocycles. The van der Waals surface area contributed by atoms with E-state index in [2.05, 4.69) is 10.1 Å². The number of ether oxygens (including phenoxy) is 1. The quantitative estimate of drug-likeness (QED) is 0.469. The van der Waals surface area contributed by atoms with Gasteiger partial charge in [-0.15, -0.1) is 0 Å². The fraction of sp³-hybridized carbons (Fsp3) is 0.125. The number of carbonyl (C=O) groups excluding carboxylic acids is 1. The van der Waals surface area contributed by atoms with Crippen molar-refractivity contribution < 1.29 is 13.9 Å². The van der Waals surface area contributed by atoms with Gasteiger partial charge in [-0.2, -0.15) is 5.10 Å². The highest BCUT2D eigenvalue weighted by Crippen LogP contribution is 2.25. The number of methoxy groups -OCH3 is 1. The van der Waals surface area contributed by atoms with Crippen LogP contribution in [0.5, 0.6) is 5.75 Å². The van der Waals surface area contributed by atoms with E-state index < -0.39 is 5.82 Å². The van der Waals surface area contributed by atoms with Crippen LogP contribution in [-0.4, -0.2) is 39.7 Å². The maximum absolute atomic E-state index is 14.1. The lowest BCUT2D eigenvalue weighted by molar-refractivity contribution is 0.0785. The Kier molecular flexibility index (Phi) is 5.75. The number of rotatable bonds is 6. The highest BCUT2D eigenvalue weighted by Gasteiger charge is 2.22. The van der Waals surface area contributed by atoms with E-state index in [1.165, 1.54) is 18.1 Å². The van der Waals surface area contributed by atoms with Gasteiger partial charge in [-0.05, 0) is 42.0 Å². The average Bonchev–Trinajstić information content (AvgIpc) is 3.25. The molecule has 2 aromatic carbocycles. The molecule has 0 aliphatic heterocycles. The summed E-state index contributed by atoms with van der Waals surface area (Å²) in [6, 6.07) is 17.9. The van der Waals surface area contributed by atoms with Crippen LogP contribution in [0.25, 0.3) is 16.9 Å². The van der Waals surface area contributed by atoms with Gasteiger partial charge in [0, 0.05) is 37.7 Å². The van der Waals surface area contributed by atoms with Crippen molar-refractivity contribution in [3.8, 4) is 22.7 Å². The van der Waals surface area contributed by atoms with Gasteiger partial charge in [0.1, 0.15) is 5.69 Å². The molecule has 0 bridgehead atoms. The monoisotopic (exact) mass is 416 g/mol. The Morgan fingerprint density at radius 3 is 2.61 bits per heavy atom. The number of pyridine rings is 1. The summed E-state index contributed by atoms with van der Waals surface area (Å²) in [6.07, 6.45) is 5.06. The predicted octanol–water partition coefficient (Wildman–Crippen LogP) is 4.35. The lowest BCUT2D eigenvalue weighted by atomic mass is 10.1. The van der Waals surface area contributed by atoms with Crippen molar-refractivity contribution in [1.82, 2.24) is 19.7 Å². The van der Waals surface area contributed by atoms with Crippen LogP contribution in [-0.2, 0) is 6.54 Å². The molecule has 0 aliphatic rings. The standard InChI is InChI=1S/C24H21FN4O2/c1-28(15-17-10-11-22(31-2)21(25)13-17)24(30)20-16-29(19-8-4-3-5-9-19)27-23(20)18-7-6-12-26-14-18/h3-14,16H,15H2,1-2H3. The Bertz CT molecular complexity index is 1190. The van der Waals surface area contributed by atoms with E-state index in [1.807, 2.05) is 36.4 Å². The Hall–Kier alpha value is -4.00. The van der Waals surface area contributed by atoms with Crippen molar-refractivity contribution in [3.05, 3.63) is 96.2 Å². The number of benzene rings is 2. The van der Waals surface area contributed by atoms with E-state index in [4.69, 9.17) is 4.74 Å². The number of halogens is 1. The van der Waals surface area contributed by atoms with Gasteiger partial charge < -0.3 is 9.64 Å². The van der Waals surface area contributed by atoms with E-state index in [1.54, 1.807) is 48.5 Å². The van der Waals surface area contributed by atoms with Crippen molar-refractivity contribution >= 4 is 5.91 Å². The Labute approximate surface area is 179 Å². The van der Waals surface area contributed by atoms with Crippen LogP contribution < -0.4 is 4.74 Å². The summed E-state index contributed by atoms with van der Waals surface area (Å²) in [5, 5.41) is 4.65. The van der Waals surface area contributed by atoms with Gasteiger partial charge in [0.25, 0.3) is 5.91 Å². The van der Waals surface area contributed by atoms with Crippen molar-refractivity contribution in [2.75, 3.05) is 14.2 Å². The smallest absolute Gasteiger partial charge is 0.257 e. The molecule has 0 atom stereocenters.